The first-order valence-corrected chi connectivity index (χ1v) is 5.16. The van der Waals surface area contributed by atoms with Crippen LogP contribution in [0.15, 0.2) is 29.4 Å². The third-order valence-corrected chi connectivity index (χ3v) is 2.53. The minimum Gasteiger partial charge on any atom is -0.322 e. The predicted molar refractivity (Wildman–Crippen MR) is 62.8 cm³/mol. The van der Waals surface area contributed by atoms with Crippen molar-refractivity contribution in [3.8, 4) is 0 Å². The lowest BCUT2D eigenvalue weighted by molar-refractivity contribution is 0.624. The molecule has 5 N–H and O–H groups in total. The van der Waals surface area contributed by atoms with E-state index in [1.165, 1.54) is 12.1 Å². The molecule has 1 atom stereocenters. The van der Waals surface area contributed by atoms with Gasteiger partial charge in [-0.1, -0.05) is 19.1 Å². The summed E-state index contributed by atoms with van der Waals surface area (Å²) in [5, 5.41) is 3.55. The molecule has 0 fully saturated rings. The topological polar surface area (TPSA) is 76.4 Å². The molecule has 0 aromatic heterocycles. The van der Waals surface area contributed by atoms with Gasteiger partial charge in [-0.3, -0.25) is 0 Å². The van der Waals surface area contributed by atoms with Crippen molar-refractivity contribution in [1.29, 1.82) is 0 Å². The second-order valence-corrected chi connectivity index (χ2v) is 3.72. The Hall–Kier alpha value is -1.62. The van der Waals surface area contributed by atoms with Crippen LogP contribution < -0.4 is 17.1 Å². The van der Waals surface area contributed by atoms with Gasteiger partial charge in [0.15, 0.2) is 0 Å². The molecular weight excluding hydrogens is 207 g/mol. The SMILES string of the molecule is CC(CCc1ccc(F)cc1)/C(=N/N)NN. The van der Waals surface area contributed by atoms with Crippen LogP contribution in [0, 0.1) is 11.7 Å². The van der Waals surface area contributed by atoms with E-state index in [4.69, 9.17) is 11.7 Å². The van der Waals surface area contributed by atoms with E-state index in [2.05, 4.69) is 10.5 Å². The summed E-state index contributed by atoms with van der Waals surface area (Å²) in [6.07, 6.45) is 1.69. The van der Waals surface area contributed by atoms with Crippen LogP contribution in [-0.2, 0) is 6.42 Å². The highest BCUT2D eigenvalue weighted by Gasteiger charge is 2.09. The van der Waals surface area contributed by atoms with Gasteiger partial charge in [0.2, 0.25) is 0 Å². The lowest BCUT2D eigenvalue weighted by Crippen LogP contribution is -2.36. The first-order valence-electron chi connectivity index (χ1n) is 5.16. The molecule has 5 heteroatoms. The molecule has 0 saturated carbocycles. The largest absolute Gasteiger partial charge is 0.322 e. The van der Waals surface area contributed by atoms with Gasteiger partial charge in [-0.15, -0.1) is 0 Å². The minimum absolute atomic E-state index is 0.153. The quantitative estimate of drug-likeness (QED) is 0.310. The summed E-state index contributed by atoms with van der Waals surface area (Å²) in [6.45, 7) is 1.98. The van der Waals surface area contributed by atoms with Crippen LogP contribution in [-0.4, -0.2) is 5.84 Å². The summed E-state index contributed by atoms with van der Waals surface area (Å²) in [4.78, 5) is 0. The van der Waals surface area contributed by atoms with Gasteiger partial charge in [0.25, 0.3) is 0 Å². The van der Waals surface area contributed by atoms with Crippen LogP contribution >= 0.6 is 0 Å². The van der Waals surface area contributed by atoms with E-state index in [0.29, 0.717) is 5.84 Å². The molecule has 1 unspecified atom stereocenters. The van der Waals surface area contributed by atoms with E-state index in [9.17, 15) is 4.39 Å². The highest BCUT2D eigenvalue weighted by Crippen LogP contribution is 2.10. The van der Waals surface area contributed by atoms with Crippen LogP contribution in [0.5, 0.6) is 0 Å². The number of nitrogens with zero attached hydrogens (tertiary/aromatic N) is 1. The summed E-state index contributed by atoms with van der Waals surface area (Å²) in [7, 11) is 0. The molecule has 0 aliphatic heterocycles. The van der Waals surface area contributed by atoms with Crippen molar-refractivity contribution in [2.75, 3.05) is 0 Å². The Bertz CT molecular complexity index is 348. The van der Waals surface area contributed by atoms with Gasteiger partial charge in [0.1, 0.15) is 11.7 Å². The molecule has 88 valence electrons. The molecule has 0 spiro atoms. The highest BCUT2D eigenvalue weighted by molar-refractivity contribution is 5.83. The zero-order valence-electron chi connectivity index (χ0n) is 9.28. The van der Waals surface area contributed by atoms with E-state index in [1.807, 2.05) is 6.92 Å². The van der Waals surface area contributed by atoms with E-state index in [-0.39, 0.29) is 11.7 Å². The average Bonchev–Trinajstić information content (AvgIpc) is 2.30. The molecular formula is C11H17FN4. The number of hydrogen-bond donors (Lipinski definition) is 3. The second-order valence-electron chi connectivity index (χ2n) is 3.72. The van der Waals surface area contributed by atoms with Crippen LogP contribution in [0.25, 0.3) is 0 Å². The first kappa shape index (κ1) is 12.4. The monoisotopic (exact) mass is 224 g/mol. The zero-order chi connectivity index (χ0) is 12.0. The number of halogens is 1. The first-order chi connectivity index (χ1) is 7.67. The average molecular weight is 224 g/mol. The van der Waals surface area contributed by atoms with Crippen molar-refractivity contribution >= 4 is 5.84 Å². The van der Waals surface area contributed by atoms with Gasteiger partial charge < -0.3 is 11.3 Å². The number of nitrogens with one attached hydrogen (secondary N) is 1. The molecule has 1 aromatic carbocycles. The van der Waals surface area contributed by atoms with E-state index < -0.39 is 0 Å². The van der Waals surface area contributed by atoms with E-state index in [1.54, 1.807) is 12.1 Å². The van der Waals surface area contributed by atoms with Crippen LogP contribution in [0.1, 0.15) is 18.9 Å². The van der Waals surface area contributed by atoms with Crippen LogP contribution in [0.4, 0.5) is 4.39 Å². The molecule has 1 aromatic rings. The van der Waals surface area contributed by atoms with Crippen molar-refractivity contribution in [3.05, 3.63) is 35.6 Å². The molecule has 0 aliphatic carbocycles. The Morgan fingerprint density at radius 1 is 1.44 bits per heavy atom. The molecule has 0 amide bonds. The summed E-state index contributed by atoms with van der Waals surface area (Å²) < 4.78 is 12.7. The van der Waals surface area contributed by atoms with Crippen molar-refractivity contribution in [2.45, 2.75) is 19.8 Å². The zero-order valence-corrected chi connectivity index (χ0v) is 9.28. The Morgan fingerprint density at radius 2 is 2.06 bits per heavy atom. The molecule has 0 heterocycles. The summed E-state index contributed by atoms with van der Waals surface area (Å²) in [5.41, 5.74) is 3.55. The highest BCUT2D eigenvalue weighted by atomic mass is 19.1. The summed E-state index contributed by atoms with van der Waals surface area (Å²) in [5.74, 6) is 10.9. The molecule has 0 bridgehead atoms. The maximum absolute atomic E-state index is 12.7. The molecule has 0 radical (unpaired) electrons. The fourth-order valence-corrected chi connectivity index (χ4v) is 1.48. The van der Waals surface area contributed by atoms with Crippen molar-refractivity contribution in [3.63, 3.8) is 0 Å². The predicted octanol–water partition coefficient (Wildman–Crippen LogP) is 1.13. The lowest BCUT2D eigenvalue weighted by Gasteiger charge is -2.12. The third kappa shape index (κ3) is 3.51. The molecule has 16 heavy (non-hydrogen) atoms. The van der Waals surface area contributed by atoms with Gasteiger partial charge in [0.05, 0.1) is 0 Å². The van der Waals surface area contributed by atoms with Crippen LogP contribution in [0.2, 0.25) is 0 Å². The number of nitrogens with two attached hydrogens (primary N) is 2. The molecule has 1 rings (SSSR count). The van der Waals surface area contributed by atoms with Crippen molar-refractivity contribution in [1.82, 2.24) is 5.43 Å². The number of amidine groups is 1. The number of hydrazone groups is 1. The Morgan fingerprint density at radius 3 is 2.56 bits per heavy atom. The summed E-state index contributed by atoms with van der Waals surface area (Å²) >= 11 is 0. The fraction of sp³-hybridized carbons (Fsp3) is 0.364. The van der Waals surface area contributed by atoms with Crippen molar-refractivity contribution in [2.24, 2.45) is 22.7 Å². The number of aryl methyl sites for hydroxylation is 1. The lowest BCUT2D eigenvalue weighted by atomic mass is 10.0. The molecule has 4 nitrogen and oxygen atoms in total. The smallest absolute Gasteiger partial charge is 0.138 e. The summed E-state index contributed by atoms with van der Waals surface area (Å²) in [6, 6.07) is 6.46. The van der Waals surface area contributed by atoms with E-state index >= 15 is 0 Å². The maximum atomic E-state index is 12.7. The molecule has 0 saturated heterocycles. The minimum atomic E-state index is -0.218. The van der Waals surface area contributed by atoms with E-state index in [0.717, 1.165) is 18.4 Å². The number of hydrogen-bond acceptors (Lipinski definition) is 3. The Kier molecular flexibility index (Phi) is 4.72. The van der Waals surface area contributed by atoms with Gasteiger partial charge in [-0.2, -0.15) is 5.10 Å². The Balaban J connectivity index is 2.48. The normalized spacial score (nSPS) is 13.6. The van der Waals surface area contributed by atoms with Crippen LogP contribution in [0.3, 0.4) is 0 Å². The fourth-order valence-electron chi connectivity index (χ4n) is 1.48. The standard InChI is InChI=1S/C11H17FN4/c1-8(11(15-13)16-14)2-3-9-4-6-10(12)7-5-9/h4-8H,2-3,13-14H2,1H3,(H,15,16). The molecule has 0 aliphatic rings. The number of rotatable bonds is 4. The van der Waals surface area contributed by atoms with Gasteiger partial charge in [-0.05, 0) is 30.5 Å². The van der Waals surface area contributed by atoms with Gasteiger partial charge in [0, 0.05) is 5.92 Å². The number of hydrazine groups is 1. The van der Waals surface area contributed by atoms with Crippen molar-refractivity contribution < 1.29 is 4.39 Å². The Labute approximate surface area is 94.5 Å². The third-order valence-electron chi connectivity index (χ3n) is 2.53. The van der Waals surface area contributed by atoms with Gasteiger partial charge >= 0.3 is 0 Å². The second kappa shape index (κ2) is 6.07. The maximum Gasteiger partial charge on any atom is 0.138 e. The van der Waals surface area contributed by atoms with Gasteiger partial charge in [-0.25, -0.2) is 10.2 Å². The number of benzene rings is 1.